The summed E-state index contributed by atoms with van der Waals surface area (Å²) in [4.78, 5) is 4.17. The number of aromatic nitrogens is 3. The highest BCUT2D eigenvalue weighted by Crippen LogP contribution is 2.20. The van der Waals surface area contributed by atoms with E-state index >= 15 is 0 Å². The van der Waals surface area contributed by atoms with Crippen LogP contribution in [-0.4, -0.2) is 14.8 Å². The third-order valence-corrected chi connectivity index (χ3v) is 3.36. The van der Waals surface area contributed by atoms with Crippen molar-refractivity contribution in [3.05, 3.63) is 71.1 Å². The normalized spacial score (nSPS) is 10.2. The largest absolute Gasteiger partial charge is 0.340 e. The van der Waals surface area contributed by atoms with Crippen molar-refractivity contribution in [2.24, 2.45) is 0 Å². The van der Waals surface area contributed by atoms with Crippen LogP contribution in [0.4, 0.5) is 11.5 Å². The van der Waals surface area contributed by atoms with E-state index in [2.05, 4.69) is 15.4 Å². The number of hydrogen-bond acceptors (Lipinski definition) is 4. The number of halogens is 1. The lowest BCUT2D eigenvalue weighted by Crippen LogP contribution is -2.01. The highest BCUT2D eigenvalue weighted by atomic mass is 35.5. The van der Waals surface area contributed by atoms with Crippen molar-refractivity contribution in [1.29, 1.82) is 5.26 Å². The second-order valence-corrected chi connectivity index (χ2v) is 5.07. The van der Waals surface area contributed by atoms with Gasteiger partial charge in [-0.05, 0) is 35.9 Å². The van der Waals surface area contributed by atoms with Gasteiger partial charge in [-0.15, -0.1) is 0 Å². The second kappa shape index (κ2) is 6.29. The molecule has 3 aromatic rings. The van der Waals surface area contributed by atoms with Crippen molar-refractivity contribution in [1.82, 2.24) is 14.8 Å². The molecule has 0 fully saturated rings. The molecule has 6 heteroatoms. The monoisotopic (exact) mass is 309 g/mol. The Morgan fingerprint density at radius 3 is 2.91 bits per heavy atom. The van der Waals surface area contributed by atoms with Crippen LogP contribution in [0.3, 0.4) is 0 Å². The summed E-state index contributed by atoms with van der Waals surface area (Å²) in [5.41, 5.74) is 2.21. The Morgan fingerprint density at radius 2 is 2.14 bits per heavy atom. The highest BCUT2D eigenvalue weighted by molar-refractivity contribution is 6.31. The van der Waals surface area contributed by atoms with E-state index in [-0.39, 0.29) is 5.69 Å². The van der Waals surface area contributed by atoms with Crippen LogP contribution in [0.1, 0.15) is 11.3 Å². The zero-order chi connectivity index (χ0) is 15.4. The van der Waals surface area contributed by atoms with Crippen molar-refractivity contribution >= 4 is 23.1 Å². The molecule has 3 rings (SSSR count). The molecule has 0 atom stereocenters. The second-order valence-electron chi connectivity index (χ2n) is 4.67. The number of nitrogens with zero attached hydrogens (tertiary/aromatic N) is 4. The van der Waals surface area contributed by atoms with Crippen LogP contribution in [0.15, 0.2) is 54.9 Å². The minimum atomic E-state index is 0.208. The molecule has 2 heterocycles. The first-order valence-corrected chi connectivity index (χ1v) is 7.02. The lowest BCUT2D eigenvalue weighted by Gasteiger charge is -2.08. The van der Waals surface area contributed by atoms with Crippen LogP contribution in [0.2, 0.25) is 5.02 Å². The summed E-state index contributed by atoms with van der Waals surface area (Å²) >= 11 is 5.88. The van der Waals surface area contributed by atoms with E-state index in [1.54, 1.807) is 18.3 Å². The van der Waals surface area contributed by atoms with Crippen molar-refractivity contribution in [3.63, 3.8) is 0 Å². The van der Waals surface area contributed by atoms with Crippen molar-refractivity contribution in [2.75, 3.05) is 5.32 Å². The lowest BCUT2D eigenvalue weighted by atomic mass is 10.2. The molecule has 5 nitrogen and oxygen atoms in total. The van der Waals surface area contributed by atoms with E-state index in [1.165, 1.54) is 0 Å². The number of hydrogen-bond donors (Lipinski definition) is 1. The maximum absolute atomic E-state index is 8.96. The van der Waals surface area contributed by atoms with E-state index in [9.17, 15) is 0 Å². The van der Waals surface area contributed by atoms with Gasteiger partial charge in [0.1, 0.15) is 11.9 Å². The van der Waals surface area contributed by atoms with Gasteiger partial charge in [0, 0.05) is 18.1 Å². The Morgan fingerprint density at radius 1 is 1.23 bits per heavy atom. The molecule has 0 saturated carbocycles. The molecule has 0 saturated heterocycles. The average molecular weight is 310 g/mol. The summed E-state index contributed by atoms with van der Waals surface area (Å²) < 4.78 is 1.85. The van der Waals surface area contributed by atoms with Gasteiger partial charge in [-0.25, -0.2) is 4.98 Å². The van der Waals surface area contributed by atoms with Crippen molar-refractivity contribution in [3.8, 4) is 6.07 Å². The number of nitriles is 1. The van der Waals surface area contributed by atoms with Gasteiger partial charge >= 0.3 is 0 Å². The summed E-state index contributed by atoms with van der Waals surface area (Å²) in [6.45, 7) is 0.694. The third kappa shape index (κ3) is 3.25. The fourth-order valence-corrected chi connectivity index (χ4v) is 2.21. The maximum atomic E-state index is 8.96. The summed E-state index contributed by atoms with van der Waals surface area (Å²) in [7, 11) is 0. The Hall–Kier alpha value is -2.84. The molecule has 108 valence electrons. The number of pyridine rings is 1. The van der Waals surface area contributed by atoms with Crippen LogP contribution in [0.5, 0.6) is 0 Å². The Bertz CT molecular complexity index is 821. The van der Waals surface area contributed by atoms with Crippen LogP contribution >= 0.6 is 11.6 Å². The molecule has 0 aliphatic carbocycles. The summed E-state index contributed by atoms with van der Waals surface area (Å²) in [6, 6.07) is 15.2. The molecule has 0 amide bonds. The van der Waals surface area contributed by atoms with Crippen LogP contribution < -0.4 is 5.32 Å². The van der Waals surface area contributed by atoms with E-state index in [4.69, 9.17) is 16.9 Å². The first-order valence-electron chi connectivity index (χ1n) is 6.64. The molecular formula is C16H12ClN5. The first-order chi connectivity index (χ1) is 10.7. The Labute approximate surface area is 132 Å². The van der Waals surface area contributed by atoms with Gasteiger partial charge < -0.3 is 5.32 Å². The Balaban J connectivity index is 1.79. The lowest BCUT2D eigenvalue weighted by molar-refractivity contribution is 0.687. The molecule has 1 aromatic carbocycles. The number of anilines is 2. The molecule has 1 N–H and O–H groups in total. The fraction of sp³-hybridized carbons (Fsp3) is 0.0625. The van der Waals surface area contributed by atoms with Gasteiger partial charge in [0.05, 0.1) is 11.6 Å². The van der Waals surface area contributed by atoms with Gasteiger partial charge in [-0.1, -0.05) is 23.7 Å². The van der Waals surface area contributed by atoms with Gasteiger partial charge in [0.25, 0.3) is 0 Å². The van der Waals surface area contributed by atoms with Gasteiger partial charge in [-0.3, -0.25) is 4.68 Å². The van der Waals surface area contributed by atoms with Crippen LogP contribution in [0.25, 0.3) is 0 Å². The summed E-state index contributed by atoms with van der Waals surface area (Å²) in [6.07, 6.45) is 3.67. The SMILES string of the molecule is N#Cc1nc(Nc2cccc(Cn3cccn3)c2)ccc1Cl. The molecule has 0 unspecified atom stereocenters. The molecule has 0 aliphatic rings. The molecule has 0 aliphatic heterocycles. The molecular weight excluding hydrogens is 298 g/mol. The van der Waals surface area contributed by atoms with Crippen molar-refractivity contribution < 1.29 is 0 Å². The molecule has 0 spiro atoms. The van der Waals surface area contributed by atoms with Gasteiger partial charge in [0.2, 0.25) is 0 Å². The molecule has 22 heavy (non-hydrogen) atoms. The molecule has 0 radical (unpaired) electrons. The predicted octanol–water partition coefficient (Wildman–Crippen LogP) is 3.60. The molecule has 0 bridgehead atoms. The first kappa shape index (κ1) is 14.1. The van der Waals surface area contributed by atoms with Gasteiger partial charge in [0.15, 0.2) is 5.69 Å². The van der Waals surface area contributed by atoms with Crippen LogP contribution in [0, 0.1) is 11.3 Å². The highest BCUT2D eigenvalue weighted by Gasteiger charge is 2.04. The zero-order valence-corrected chi connectivity index (χ0v) is 12.3. The minimum absolute atomic E-state index is 0.208. The predicted molar refractivity (Wildman–Crippen MR) is 85.0 cm³/mol. The standard InChI is InChI=1S/C16H12ClN5/c17-14-5-6-16(21-15(14)10-18)20-13-4-1-3-12(9-13)11-22-8-2-7-19-22/h1-9H,11H2,(H,20,21). The van der Waals surface area contributed by atoms with Gasteiger partial charge in [-0.2, -0.15) is 10.4 Å². The van der Waals surface area contributed by atoms with E-state index in [0.717, 1.165) is 11.3 Å². The quantitative estimate of drug-likeness (QED) is 0.799. The summed E-state index contributed by atoms with van der Waals surface area (Å²) in [5, 5.41) is 16.7. The third-order valence-electron chi connectivity index (χ3n) is 3.06. The van der Waals surface area contributed by atoms with Crippen LogP contribution in [-0.2, 0) is 6.54 Å². The average Bonchev–Trinajstić information content (AvgIpc) is 3.02. The summed E-state index contributed by atoms with van der Waals surface area (Å²) in [5.74, 6) is 0.581. The number of nitrogens with one attached hydrogen (secondary N) is 1. The number of benzene rings is 1. The van der Waals surface area contributed by atoms with E-state index in [0.29, 0.717) is 17.4 Å². The smallest absolute Gasteiger partial charge is 0.161 e. The van der Waals surface area contributed by atoms with Crippen molar-refractivity contribution in [2.45, 2.75) is 6.54 Å². The Kier molecular flexibility index (Phi) is 4.03. The number of rotatable bonds is 4. The van der Waals surface area contributed by atoms with E-state index < -0.39 is 0 Å². The fourth-order valence-electron chi connectivity index (χ4n) is 2.07. The minimum Gasteiger partial charge on any atom is -0.340 e. The maximum Gasteiger partial charge on any atom is 0.161 e. The zero-order valence-electron chi connectivity index (χ0n) is 11.6. The topological polar surface area (TPSA) is 66.5 Å². The molecule has 2 aromatic heterocycles. The van der Waals surface area contributed by atoms with E-state index in [1.807, 2.05) is 47.3 Å².